The first-order valence-corrected chi connectivity index (χ1v) is 11.6. The Hall–Kier alpha value is -1.74. The van der Waals surface area contributed by atoms with Gasteiger partial charge in [-0.25, -0.2) is 4.98 Å². The average molecular weight is 377 g/mol. The van der Waals surface area contributed by atoms with Gasteiger partial charge in [-0.3, -0.25) is 0 Å². The van der Waals surface area contributed by atoms with Crippen molar-refractivity contribution in [2.24, 2.45) is 5.92 Å². The molecule has 27 heavy (non-hydrogen) atoms. The highest BCUT2D eigenvalue weighted by Crippen LogP contribution is 2.42. The van der Waals surface area contributed by atoms with Crippen molar-refractivity contribution in [3.05, 3.63) is 59.9 Å². The molecule has 140 valence electrons. The summed E-state index contributed by atoms with van der Waals surface area (Å²) in [6, 6.07) is 17.8. The van der Waals surface area contributed by atoms with Crippen LogP contribution in [0, 0.1) is 5.92 Å². The number of imidazole rings is 1. The van der Waals surface area contributed by atoms with Gasteiger partial charge in [0.05, 0.1) is 5.52 Å². The molecular formula is C24H28N2S. The quantitative estimate of drug-likeness (QED) is 0.466. The van der Waals surface area contributed by atoms with Crippen molar-refractivity contribution in [3.63, 3.8) is 0 Å². The van der Waals surface area contributed by atoms with Crippen molar-refractivity contribution >= 4 is 22.8 Å². The average Bonchev–Trinajstić information content (AvgIpc) is 3.48. The van der Waals surface area contributed by atoms with E-state index in [0.717, 1.165) is 11.8 Å². The van der Waals surface area contributed by atoms with Gasteiger partial charge in [-0.2, -0.15) is 0 Å². The Bertz CT molecular complexity index is 918. The first kappa shape index (κ1) is 17.4. The van der Waals surface area contributed by atoms with Crippen molar-refractivity contribution in [1.82, 2.24) is 9.55 Å². The van der Waals surface area contributed by atoms with E-state index in [1.807, 2.05) is 11.8 Å². The molecule has 3 aromatic rings. The van der Waals surface area contributed by atoms with E-state index in [-0.39, 0.29) is 0 Å². The maximum atomic E-state index is 5.23. The van der Waals surface area contributed by atoms with Gasteiger partial charge in [-0.05, 0) is 74.3 Å². The SMILES string of the molecule is CSc1cccc2c1nc(C1CCC(c3ccccc3)CC1)n2CC1CC1. The Balaban J connectivity index is 1.44. The maximum absolute atomic E-state index is 5.23. The minimum Gasteiger partial charge on any atom is -0.327 e. The summed E-state index contributed by atoms with van der Waals surface area (Å²) in [5.74, 6) is 3.58. The summed E-state index contributed by atoms with van der Waals surface area (Å²) in [4.78, 5) is 6.55. The molecule has 2 saturated carbocycles. The highest BCUT2D eigenvalue weighted by atomic mass is 32.2. The van der Waals surface area contributed by atoms with E-state index in [9.17, 15) is 0 Å². The lowest BCUT2D eigenvalue weighted by Gasteiger charge is -2.29. The Labute approximate surface area is 166 Å². The van der Waals surface area contributed by atoms with Crippen LogP contribution in [0.5, 0.6) is 0 Å². The fraction of sp³-hybridized carbons (Fsp3) is 0.458. The zero-order valence-corrected chi connectivity index (χ0v) is 16.9. The number of aromatic nitrogens is 2. The minimum atomic E-state index is 0.616. The summed E-state index contributed by atoms with van der Waals surface area (Å²) in [5.41, 5.74) is 4.10. The summed E-state index contributed by atoms with van der Waals surface area (Å²) in [6.45, 7) is 1.17. The molecule has 0 bridgehead atoms. The largest absolute Gasteiger partial charge is 0.327 e. The summed E-state index contributed by atoms with van der Waals surface area (Å²) < 4.78 is 2.58. The molecule has 0 aliphatic heterocycles. The predicted octanol–water partition coefficient (Wildman–Crippen LogP) is 6.61. The topological polar surface area (TPSA) is 17.8 Å². The summed E-state index contributed by atoms with van der Waals surface area (Å²) in [6.07, 6.45) is 10.1. The van der Waals surface area contributed by atoms with E-state index >= 15 is 0 Å². The van der Waals surface area contributed by atoms with E-state index in [0.29, 0.717) is 5.92 Å². The Morgan fingerprint density at radius 2 is 1.63 bits per heavy atom. The van der Waals surface area contributed by atoms with Crippen LogP contribution in [-0.4, -0.2) is 15.8 Å². The van der Waals surface area contributed by atoms with E-state index in [2.05, 4.69) is 59.4 Å². The van der Waals surface area contributed by atoms with Gasteiger partial charge in [0.15, 0.2) is 0 Å². The third-order valence-corrected chi connectivity index (χ3v) is 7.26. The number of fused-ring (bicyclic) bond motifs is 1. The molecule has 0 spiro atoms. The molecule has 1 aromatic heterocycles. The van der Waals surface area contributed by atoms with Gasteiger partial charge in [0.2, 0.25) is 0 Å². The first-order valence-electron chi connectivity index (χ1n) is 10.4. The van der Waals surface area contributed by atoms with Crippen LogP contribution in [0.15, 0.2) is 53.4 Å². The molecule has 2 aromatic carbocycles. The fourth-order valence-corrected chi connectivity index (χ4v) is 5.33. The molecule has 2 aliphatic rings. The van der Waals surface area contributed by atoms with Crippen molar-refractivity contribution in [2.75, 3.05) is 6.26 Å². The smallest absolute Gasteiger partial charge is 0.113 e. The molecular weight excluding hydrogens is 348 g/mol. The maximum Gasteiger partial charge on any atom is 0.113 e. The normalized spacial score (nSPS) is 23.0. The molecule has 0 unspecified atom stereocenters. The Morgan fingerprint density at radius 3 is 2.33 bits per heavy atom. The second-order valence-electron chi connectivity index (χ2n) is 8.31. The molecule has 2 fully saturated rings. The Morgan fingerprint density at radius 1 is 0.889 bits per heavy atom. The zero-order valence-electron chi connectivity index (χ0n) is 16.1. The molecule has 0 radical (unpaired) electrons. The number of rotatable bonds is 5. The molecule has 0 N–H and O–H groups in total. The molecule has 0 saturated heterocycles. The molecule has 3 heteroatoms. The molecule has 2 nitrogen and oxygen atoms in total. The van der Waals surface area contributed by atoms with Crippen LogP contribution in [0.1, 0.15) is 61.7 Å². The third-order valence-electron chi connectivity index (χ3n) is 6.49. The van der Waals surface area contributed by atoms with Crippen LogP contribution in [0.2, 0.25) is 0 Å². The molecule has 2 aliphatic carbocycles. The van der Waals surface area contributed by atoms with Gasteiger partial charge in [0.1, 0.15) is 11.3 Å². The van der Waals surface area contributed by atoms with Crippen molar-refractivity contribution in [1.29, 1.82) is 0 Å². The van der Waals surface area contributed by atoms with Gasteiger partial charge < -0.3 is 4.57 Å². The molecule has 1 heterocycles. The lowest BCUT2D eigenvalue weighted by atomic mass is 9.78. The van der Waals surface area contributed by atoms with Crippen molar-refractivity contribution in [3.8, 4) is 0 Å². The number of para-hydroxylation sites is 1. The third kappa shape index (κ3) is 3.42. The fourth-order valence-electron chi connectivity index (χ4n) is 4.78. The van der Waals surface area contributed by atoms with Crippen LogP contribution in [0.4, 0.5) is 0 Å². The standard InChI is InChI=1S/C24H28N2S/c1-27-22-9-5-8-21-23(22)25-24(26(21)16-17-10-11-17)20-14-12-19(13-15-20)18-6-3-2-4-7-18/h2-9,17,19-20H,10-16H2,1H3. The van der Waals surface area contributed by atoms with Crippen LogP contribution in [0.3, 0.4) is 0 Å². The van der Waals surface area contributed by atoms with Gasteiger partial charge in [0, 0.05) is 17.4 Å². The second kappa shape index (κ2) is 7.35. The summed E-state index contributed by atoms with van der Waals surface area (Å²) in [5, 5.41) is 0. The van der Waals surface area contributed by atoms with Gasteiger partial charge in [0.25, 0.3) is 0 Å². The number of hydrogen-bond donors (Lipinski definition) is 0. The van der Waals surface area contributed by atoms with Crippen LogP contribution >= 0.6 is 11.8 Å². The van der Waals surface area contributed by atoms with E-state index in [1.54, 1.807) is 0 Å². The van der Waals surface area contributed by atoms with E-state index in [4.69, 9.17) is 4.98 Å². The molecule has 0 amide bonds. The number of nitrogens with zero attached hydrogens (tertiary/aromatic N) is 2. The van der Waals surface area contributed by atoms with E-state index < -0.39 is 0 Å². The molecule has 0 atom stereocenters. The van der Waals surface area contributed by atoms with Gasteiger partial charge in [-0.15, -0.1) is 11.8 Å². The Kier molecular flexibility index (Phi) is 4.73. The minimum absolute atomic E-state index is 0.616. The zero-order chi connectivity index (χ0) is 18.2. The van der Waals surface area contributed by atoms with Crippen molar-refractivity contribution in [2.45, 2.75) is 61.8 Å². The summed E-state index contributed by atoms with van der Waals surface area (Å²) in [7, 11) is 0. The highest BCUT2D eigenvalue weighted by Gasteiger charge is 2.30. The van der Waals surface area contributed by atoms with Crippen LogP contribution < -0.4 is 0 Å². The lowest BCUT2D eigenvalue weighted by molar-refractivity contribution is 0.375. The van der Waals surface area contributed by atoms with Gasteiger partial charge in [-0.1, -0.05) is 36.4 Å². The van der Waals surface area contributed by atoms with Gasteiger partial charge >= 0.3 is 0 Å². The van der Waals surface area contributed by atoms with E-state index in [1.165, 1.54) is 72.4 Å². The number of benzene rings is 2. The number of thioether (sulfide) groups is 1. The van der Waals surface area contributed by atoms with Crippen LogP contribution in [0.25, 0.3) is 11.0 Å². The summed E-state index contributed by atoms with van der Waals surface area (Å²) >= 11 is 1.82. The lowest BCUT2D eigenvalue weighted by Crippen LogP contribution is -2.16. The highest BCUT2D eigenvalue weighted by molar-refractivity contribution is 7.98. The second-order valence-corrected chi connectivity index (χ2v) is 9.16. The first-order chi connectivity index (χ1) is 13.3. The van der Waals surface area contributed by atoms with Crippen LogP contribution in [-0.2, 0) is 6.54 Å². The monoisotopic (exact) mass is 376 g/mol. The number of hydrogen-bond acceptors (Lipinski definition) is 2. The van der Waals surface area contributed by atoms with Crippen molar-refractivity contribution < 1.29 is 0 Å². The molecule has 5 rings (SSSR count). The predicted molar refractivity (Wildman–Crippen MR) is 115 cm³/mol.